The third-order valence-electron chi connectivity index (χ3n) is 1.56. The van der Waals surface area contributed by atoms with Gasteiger partial charge in [0.25, 0.3) is 0 Å². The predicted molar refractivity (Wildman–Crippen MR) is 45.1 cm³/mol. The monoisotopic (exact) mass is 196 g/mol. The topological polar surface area (TPSA) is 83.3 Å². The van der Waals surface area contributed by atoms with Crippen LogP contribution in [-0.4, -0.2) is 30.7 Å². The van der Waals surface area contributed by atoms with Crippen LogP contribution in [0.5, 0.6) is 0 Å². The minimum absolute atomic E-state index is 0.0773. The van der Waals surface area contributed by atoms with Gasteiger partial charge in [-0.15, -0.1) is 0 Å². The molecule has 2 heterocycles. The highest BCUT2D eigenvalue weighted by Gasteiger charge is 2.11. The molecule has 0 aliphatic rings. The first-order chi connectivity index (χ1) is 6.20. The van der Waals surface area contributed by atoms with E-state index in [0.29, 0.717) is 0 Å². The van der Waals surface area contributed by atoms with Crippen LogP contribution in [0.1, 0.15) is 10.4 Å². The summed E-state index contributed by atoms with van der Waals surface area (Å²) in [5.41, 5.74) is 0.348. The van der Waals surface area contributed by atoms with Gasteiger partial charge in [-0.1, -0.05) is 0 Å². The number of aromatic carboxylic acids is 1. The van der Waals surface area contributed by atoms with Crippen molar-refractivity contribution in [2.75, 3.05) is 0 Å². The second kappa shape index (κ2) is 2.63. The first-order valence-corrected chi connectivity index (χ1v) is 3.75. The van der Waals surface area contributed by atoms with Crippen LogP contribution in [0.25, 0.3) is 5.65 Å². The molecule has 2 rings (SSSR count). The van der Waals surface area contributed by atoms with Gasteiger partial charge in [0.1, 0.15) is 11.9 Å². The summed E-state index contributed by atoms with van der Waals surface area (Å²) >= 11 is 4.84. The Morgan fingerprint density at radius 2 is 2.38 bits per heavy atom. The van der Waals surface area contributed by atoms with Gasteiger partial charge in [0, 0.05) is 6.20 Å². The number of carboxylic acids is 1. The molecule has 0 unspecified atom stereocenters. The fourth-order valence-electron chi connectivity index (χ4n) is 0.996. The second-order valence-electron chi connectivity index (χ2n) is 2.31. The van der Waals surface area contributed by atoms with E-state index < -0.39 is 5.97 Å². The zero-order chi connectivity index (χ0) is 9.42. The lowest BCUT2D eigenvalue weighted by atomic mass is 10.3. The number of nitrogens with zero attached hydrogens (tertiary/aromatic N) is 3. The molecule has 0 radical (unpaired) electrons. The molecule has 0 saturated heterocycles. The van der Waals surface area contributed by atoms with E-state index in [1.165, 1.54) is 17.0 Å². The molecule has 0 atom stereocenters. The Labute approximate surface area is 76.9 Å². The first-order valence-electron chi connectivity index (χ1n) is 3.34. The van der Waals surface area contributed by atoms with E-state index >= 15 is 0 Å². The summed E-state index contributed by atoms with van der Waals surface area (Å²) in [5, 5.41) is 11.4. The summed E-state index contributed by atoms with van der Waals surface area (Å²) in [4.78, 5) is 18.2. The van der Waals surface area contributed by atoms with Gasteiger partial charge in [-0.3, -0.25) is 5.10 Å². The molecule has 0 fully saturated rings. The highest BCUT2D eigenvalue weighted by molar-refractivity contribution is 7.71. The fourth-order valence-corrected chi connectivity index (χ4v) is 1.18. The number of hydrogen-bond donors (Lipinski definition) is 2. The Morgan fingerprint density at radius 3 is 3.08 bits per heavy atom. The molecule has 0 aliphatic carbocycles. The number of hydrogen-bond acceptors (Lipinski definition) is 4. The SMILES string of the molecule is O=C(O)c1c[nH]n2c(=S)ncnc12. The van der Waals surface area contributed by atoms with Crippen LogP contribution < -0.4 is 0 Å². The van der Waals surface area contributed by atoms with Crippen molar-refractivity contribution in [2.45, 2.75) is 0 Å². The van der Waals surface area contributed by atoms with Crippen LogP contribution in [0, 0.1) is 4.77 Å². The molecule has 6 nitrogen and oxygen atoms in total. The zero-order valence-corrected chi connectivity index (χ0v) is 7.08. The lowest BCUT2D eigenvalue weighted by Gasteiger charge is -1.91. The quantitative estimate of drug-likeness (QED) is 0.648. The van der Waals surface area contributed by atoms with Crippen LogP contribution in [0.15, 0.2) is 12.5 Å². The van der Waals surface area contributed by atoms with E-state index in [-0.39, 0.29) is 16.0 Å². The van der Waals surface area contributed by atoms with Crippen molar-refractivity contribution >= 4 is 23.8 Å². The smallest absolute Gasteiger partial charge is 0.341 e. The van der Waals surface area contributed by atoms with Gasteiger partial charge < -0.3 is 5.11 Å². The molecule has 2 aromatic rings. The number of H-pyrrole nitrogens is 1. The van der Waals surface area contributed by atoms with Crippen molar-refractivity contribution in [2.24, 2.45) is 0 Å². The number of rotatable bonds is 1. The number of carboxylic acid groups (broad SMARTS) is 1. The van der Waals surface area contributed by atoms with Gasteiger partial charge in [0.15, 0.2) is 5.65 Å². The summed E-state index contributed by atoms with van der Waals surface area (Å²) in [5.74, 6) is -1.05. The lowest BCUT2D eigenvalue weighted by Crippen LogP contribution is -1.99. The van der Waals surface area contributed by atoms with Gasteiger partial charge in [-0.05, 0) is 12.2 Å². The number of aromatic nitrogens is 4. The molecule has 7 heteroatoms. The van der Waals surface area contributed by atoms with Gasteiger partial charge >= 0.3 is 5.97 Å². The van der Waals surface area contributed by atoms with Gasteiger partial charge in [-0.25, -0.2) is 19.3 Å². The Kier molecular flexibility index (Phi) is 1.59. The van der Waals surface area contributed by atoms with E-state index in [2.05, 4.69) is 15.1 Å². The van der Waals surface area contributed by atoms with Crippen molar-refractivity contribution in [1.29, 1.82) is 0 Å². The molecule has 2 N–H and O–H groups in total. The summed E-state index contributed by atoms with van der Waals surface area (Å²) in [6, 6.07) is 0. The van der Waals surface area contributed by atoms with Crippen LogP contribution in [0.4, 0.5) is 0 Å². The number of aromatic amines is 1. The molecular weight excluding hydrogens is 192 g/mol. The van der Waals surface area contributed by atoms with Gasteiger partial charge in [0.2, 0.25) is 4.77 Å². The fraction of sp³-hybridized carbons (Fsp3) is 0. The van der Waals surface area contributed by atoms with Crippen LogP contribution in [-0.2, 0) is 0 Å². The Bertz CT molecular complexity index is 529. The summed E-state index contributed by atoms with van der Waals surface area (Å²) < 4.78 is 1.58. The molecule has 0 saturated carbocycles. The summed E-state index contributed by atoms with van der Waals surface area (Å²) in [7, 11) is 0. The van der Waals surface area contributed by atoms with E-state index in [1.807, 2.05) is 0 Å². The molecule has 0 amide bonds. The largest absolute Gasteiger partial charge is 0.477 e. The maximum Gasteiger partial charge on any atom is 0.341 e. The van der Waals surface area contributed by atoms with Gasteiger partial charge in [0.05, 0.1) is 0 Å². The summed E-state index contributed by atoms with van der Waals surface area (Å²) in [6.07, 6.45) is 2.56. The van der Waals surface area contributed by atoms with Gasteiger partial charge in [-0.2, -0.15) is 0 Å². The third kappa shape index (κ3) is 1.09. The molecule has 66 valence electrons. The van der Waals surface area contributed by atoms with E-state index in [0.717, 1.165) is 0 Å². The predicted octanol–water partition coefficient (Wildman–Crippen LogP) is 0.485. The van der Waals surface area contributed by atoms with Crippen molar-refractivity contribution < 1.29 is 9.90 Å². The molecule has 2 aromatic heterocycles. The average Bonchev–Trinajstić information content (AvgIpc) is 2.48. The first kappa shape index (κ1) is 7.87. The summed E-state index contributed by atoms with van der Waals surface area (Å²) in [6.45, 7) is 0. The molecular formula is C6H4N4O2S. The van der Waals surface area contributed by atoms with Crippen LogP contribution >= 0.6 is 12.2 Å². The Hall–Kier alpha value is -1.76. The van der Waals surface area contributed by atoms with E-state index in [9.17, 15) is 4.79 Å². The minimum Gasteiger partial charge on any atom is -0.477 e. The van der Waals surface area contributed by atoms with E-state index in [4.69, 9.17) is 17.3 Å². The van der Waals surface area contributed by atoms with Crippen molar-refractivity contribution in [3.05, 3.63) is 22.9 Å². The van der Waals surface area contributed by atoms with Crippen molar-refractivity contribution in [3.63, 3.8) is 0 Å². The minimum atomic E-state index is -1.05. The van der Waals surface area contributed by atoms with Crippen molar-refractivity contribution in [3.8, 4) is 0 Å². The second-order valence-corrected chi connectivity index (χ2v) is 2.67. The van der Waals surface area contributed by atoms with E-state index in [1.54, 1.807) is 0 Å². The lowest BCUT2D eigenvalue weighted by molar-refractivity contribution is 0.0699. The molecule has 0 aliphatic heterocycles. The normalized spacial score (nSPS) is 10.5. The highest BCUT2D eigenvalue weighted by Crippen LogP contribution is 2.05. The van der Waals surface area contributed by atoms with Crippen LogP contribution in [0.2, 0.25) is 0 Å². The Balaban J connectivity index is 2.91. The Morgan fingerprint density at radius 1 is 1.62 bits per heavy atom. The van der Waals surface area contributed by atoms with Crippen molar-refractivity contribution in [1.82, 2.24) is 19.6 Å². The molecule has 0 aromatic carbocycles. The number of fused-ring (bicyclic) bond motifs is 1. The molecule has 13 heavy (non-hydrogen) atoms. The maximum atomic E-state index is 10.7. The standard InChI is InChI=1S/C6H4N4O2S/c11-5(12)3-1-9-10-4(3)7-2-8-6(10)13/h1-2,9H,(H,11,12). The highest BCUT2D eigenvalue weighted by atomic mass is 32.1. The molecule has 0 bridgehead atoms. The van der Waals surface area contributed by atoms with Crippen LogP contribution in [0.3, 0.4) is 0 Å². The number of carbonyl (C=O) groups is 1. The average molecular weight is 196 g/mol. The molecule has 0 spiro atoms. The third-order valence-corrected chi connectivity index (χ3v) is 1.85. The maximum absolute atomic E-state index is 10.7. The zero-order valence-electron chi connectivity index (χ0n) is 6.26. The number of nitrogens with one attached hydrogen (secondary N) is 1.